The van der Waals surface area contributed by atoms with Crippen LogP contribution >= 0.6 is 23.2 Å². The number of piperidine rings is 1. The van der Waals surface area contributed by atoms with Gasteiger partial charge in [0.2, 0.25) is 5.91 Å². The Bertz CT molecular complexity index is 818. The number of benzene rings is 2. The van der Waals surface area contributed by atoms with E-state index in [-0.39, 0.29) is 18.4 Å². The number of rotatable bonds is 5. The summed E-state index contributed by atoms with van der Waals surface area (Å²) >= 11 is 11.8. The molecule has 0 bridgehead atoms. The predicted molar refractivity (Wildman–Crippen MR) is 110 cm³/mol. The van der Waals surface area contributed by atoms with Crippen LogP contribution in [-0.4, -0.2) is 36.3 Å². The first-order chi connectivity index (χ1) is 13.0. The standard InChI is InChI=1S/C20H21Cl2N3O2/c21-17-9-8-16(12-18(17)22)23-13-19(26)24-15-6-4-14(5-7-15)20(27)25-10-2-1-3-11-25/h4-9,12,23H,1-3,10-11,13H2,(H,24,26). The molecule has 1 heterocycles. The van der Waals surface area contributed by atoms with E-state index in [0.717, 1.165) is 25.9 Å². The van der Waals surface area contributed by atoms with Gasteiger partial charge >= 0.3 is 0 Å². The van der Waals surface area contributed by atoms with E-state index in [1.54, 1.807) is 42.5 Å². The monoisotopic (exact) mass is 405 g/mol. The average molecular weight is 406 g/mol. The maximum absolute atomic E-state index is 12.5. The summed E-state index contributed by atoms with van der Waals surface area (Å²) in [7, 11) is 0. The highest BCUT2D eigenvalue weighted by Crippen LogP contribution is 2.24. The van der Waals surface area contributed by atoms with Gasteiger partial charge in [0.15, 0.2) is 0 Å². The Balaban J connectivity index is 1.52. The van der Waals surface area contributed by atoms with Crippen molar-refractivity contribution < 1.29 is 9.59 Å². The van der Waals surface area contributed by atoms with Crippen LogP contribution in [0.1, 0.15) is 29.6 Å². The molecule has 0 spiro atoms. The SMILES string of the molecule is O=C(CNc1ccc(Cl)c(Cl)c1)Nc1ccc(C(=O)N2CCCCC2)cc1. The topological polar surface area (TPSA) is 61.4 Å². The third-order valence-electron chi connectivity index (χ3n) is 4.43. The molecule has 1 aliphatic heterocycles. The van der Waals surface area contributed by atoms with E-state index in [9.17, 15) is 9.59 Å². The van der Waals surface area contributed by atoms with Crippen LogP contribution in [-0.2, 0) is 4.79 Å². The number of amides is 2. The maximum Gasteiger partial charge on any atom is 0.253 e. The molecule has 2 aromatic rings. The fraction of sp³-hybridized carbons (Fsp3) is 0.300. The van der Waals surface area contributed by atoms with Crippen LogP contribution in [0.3, 0.4) is 0 Å². The summed E-state index contributed by atoms with van der Waals surface area (Å²) in [4.78, 5) is 26.4. The number of carbonyl (C=O) groups is 2. The van der Waals surface area contributed by atoms with Gasteiger partial charge in [-0.05, 0) is 61.7 Å². The quantitative estimate of drug-likeness (QED) is 0.759. The number of hydrogen-bond acceptors (Lipinski definition) is 3. The van der Waals surface area contributed by atoms with E-state index >= 15 is 0 Å². The fourth-order valence-electron chi connectivity index (χ4n) is 2.97. The molecule has 1 saturated heterocycles. The minimum absolute atomic E-state index is 0.0499. The molecule has 27 heavy (non-hydrogen) atoms. The summed E-state index contributed by atoms with van der Waals surface area (Å²) in [6, 6.07) is 12.1. The van der Waals surface area contributed by atoms with Crippen LogP contribution in [0.2, 0.25) is 10.0 Å². The number of anilines is 2. The lowest BCUT2D eigenvalue weighted by molar-refractivity contribution is -0.114. The normalized spacial score (nSPS) is 13.9. The largest absolute Gasteiger partial charge is 0.376 e. The first kappa shape index (κ1) is 19.5. The molecular formula is C20H21Cl2N3O2. The molecule has 0 aliphatic carbocycles. The van der Waals surface area contributed by atoms with E-state index in [1.165, 1.54) is 6.42 Å². The minimum Gasteiger partial charge on any atom is -0.376 e. The minimum atomic E-state index is -0.198. The third-order valence-corrected chi connectivity index (χ3v) is 5.17. The highest BCUT2D eigenvalue weighted by Gasteiger charge is 2.17. The molecule has 7 heteroatoms. The molecule has 0 saturated carbocycles. The van der Waals surface area contributed by atoms with Gasteiger partial charge in [0.05, 0.1) is 16.6 Å². The van der Waals surface area contributed by atoms with Crippen molar-refractivity contribution >= 4 is 46.4 Å². The zero-order valence-electron chi connectivity index (χ0n) is 14.8. The van der Waals surface area contributed by atoms with Crippen molar-refractivity contribution in [2.24, 2.45) is 0 Å². The number of halogens is 2. The summed E-state index contributed by atoms with van der Waals surface area (Å²) in [6.45, 7) is 1.72. The van der Waals surface area contributed by atoms with Crippen LogP contribution in [0.15, 0.2) is 42.5 Å². The molecule has 2 aromatic carbocycles. The smallest absolute Gasteiger partial charge is 0.253 e. The Kier molecular flexibility index (Phi) is 6.58. The molecule has 1 fully saturated rings. The molecule has 0 aromatic heterocycles. The zero-order valence-corrected chi connectivity index (χ0v) is 16.3. The molecule has 0 radical (unpaired) electrons. The Morgan fingerprint density at radius 3 is 2.22 bits per heavy atom. The summed E-state index contributed by atoms with van der Waals surface area (Å²) < 4.78 is 0. The molecule has 2 N–H and O–H groups in total. The molecular weight excluding hydrogens is 385 g/mol. The molecule has 3 rings (SSSR count). The van der Waals surface area contributed by atoms with Gasteiger partial charge in [-0.3, -0.25) is 9.59 Å². The number of nitrogens with one attached hydrogen (secondary N) is 2. The van der Waals surface area contributed by atoms with Crippen LogP contribution in [0.25, 0.3) is 0 Å². The Labute approximate surface area is 168 Å². The fourth-order valence-corrected chi connectivity index (χ4v) is 3.27. The third kappa shape index (κ3) is 5.37. The lowest BCUT2D eigenvalue weighted by atomic mass is 10.1. The van der Waals surface area contributed by atoms with Crippen LogP contribution in [0, 0.1) is 0 Å². The molecule has 1 aliphatic rings. The molecule has 5 nitrogen and oxygen atoms in total. The number of nitrogens with zero attached hydrogens (tertiary/aromatic N) is 1. The number of carbonyl (C=O) groups excluding carboxylic acids is 2. The van der Waals surface area contributed by atoms with E-state index in [2.05, 4.69) is 10.6 Å². The highest BCUT2D eigenvalue weighted by molar-refractivity contribution is 6.42. The first-order valence-corrected chi connectivity index (χ1v) is 9.66. The van der Waals surface area contributed by atoms with Gasteiger partial charge in [0.25, 0.3) is 5.91 Å². The lowest BCUT2D eigenvalue weighted by Gasteiger charge is -2.26. The maximum atomic E-state index is 12.5. The lowest BCUT2D eigenvalue weighted by Crippen LogP contribution is -2.35. The Morgan fingerprint density at radius 2 is 1.56 bits per heavy atom. The van der Waals surface area contributed by atoms with Gasteiger partial charge in [0.1, 0.15) is 0 Å². The van der Waals surface area contributed by atoms with E-state index in [4.69, 9.17) is 23.2 Å². The summed E-state index contributed by atoms with van der Waals surface area (Å²) in [5, 5.41) is 6.68. The summed E-state index contributed by atoms with van der Waals surface area (Å²) in [5.41, 5.74) is 2.00. The molecule has 0 atom stereocenters. The second-order valence-electron chi connectivity index (χ2n) is 6.46. The molecule has 2 amide bonds. The van der Waals surface area contributed by atoms with Gasteiger partial charge in [-0.15, -0.1) is 0 Å². The van der Waals surface area contributed by atoms with Gasteiger partial charge in [-0.2, -0.15) is 0 Å². The van der Waals surface area contributed by atoms with Crippen LogP contribution in [0.5, 0.6) is 0 Å². The van der Waals surface area contributed by atoms with Crippen molar-refractivity contribution in [1.82, 2.24) is 4.90 Å². The Morgan fingerprint density at radius 1 is 0.889 bits per heavy atom. The van der Waals surface area contributed by atoms with Gasteiger partial charge in [-0.1, -0.05) is 23.2 Å². The van der Waals surface area contributed by atoms with Crippen LogP contribution in [0.4, 0.5) is 11.4 Å². The number of hydrogen-bond donors (Lipinski definition) is 2. The van der Waals surface area contributed by atoms with E-state index in [1.807, 2.05) is 4.90 Å². The van der Waals surface area contributed by atoms with Gasteiger partial charge in [0, 0.05) is 30.0 Å². The van der Waals surface area contributed by atoms with Crippen molar-refractivity contribution in [3.05, 3.63) is 58.1 Å². The van der Waals surface area contributed by atoms with Crippen LogP contribution < -0.4 is 10.6 Å². The highest BCUT2D eigenvalue weighted by atomic mass is 35.5. The van der Waals surface area contributed by atoms with Crippen molar-refractivity contribution in [2.75, 3.05) is 30.3 Å². The van der Waals surface area contributed by atoms with Gasteiger partial charge in [-0.25, -0.2) is 0 Å². The zero-order chi connectivity index (χ0) is 19.2. The van der Waals surface area contributed by atoms with Crippen molar-refractivity contribution in [3.8, 4) is 0 Å². The van der Waals surface area contributed by atoms with Crippen molar-refractivity contribution in [1.29, 1.82) is 0 Å². The first-order valence-electron chi connectivity index (χ1n) is 8.91. The molecule has 0 unspecified atom stereocenters. The summed E-state index contributed by atoms with van der Waals surface area (Å²) in [5.74, 6) is -0.148. The summed E-state index contributed by atoms with van der Waals surface area (Å²) in [6.07, 6.45) is 3.31. The average Bonchev–Trinajstić information content (AvgIpc) is 2.69. The predicted octanol–water partition coefficient (Wildman–Crippen LogP) is 4.67. The van der Waals surface area contributed by atoms with Crippen molar-refractivity contribution in [2.45, 2.75) is 19.3 Å². The Hall–Kier alpha value is -2.24. The second kappa shape index (κ2) is 9.11. The van der Waals surface area contributed by atoms with E-state index < -0.39 is 0 Å². The van der Waals surface area contributed by atoms with Gasteiger partial charge < -0.3 is 15.5 Å². The van der Waals surface area contributed by atoms with Crippen molar-refractivity contribution in [3.63, 3.8) is 0 Å². The molecule has 142 valence electrons. The van der Waals surface area contributed by atoms with E-state index in [0.29, 0.717) is 27.0 Å². The number of likely N-dealkylation sites (tertiary alicyclic amines) is 1. The second-order valence-corrected chi connectivity index (χ2v) is 7.28.